The molecule has 0 N–H and O–H groups in total. The predicted molar refractivity (Wildman–Crippen MR) is 269 cm³/mol. The third kappa shape index (κ3) is 9.25. The summed E-state index contributed by atoms with van der Waals surface area (Å²) in [6.45, 7) is 27.1. The van der Waals surface area contributed by atoms with Crippen molar-refractivity contribution in [2.24, 2.45) is 0 Å². The van der Waals surface area contributed by atoms with Crippen molar-refractivity contribution in [1.82, 2.24) is 14.8 Å². The van der Waals surface area contributed by atoms with Crippen molar-refractivity contribution in [3.05, 3.63) is 185 Å². The van der Waals surface area contributed by atoms with Gasteiger partial charge in [0.1, 0.15) is 0 Å². The van der Waals surface area contributed by atoms with Gasteiger partial charge in [0.25, 0.3) is 0 Å². The Labute approximate surface area is 376 Å². The molecule has 0 aliphatic rings. The minimum atomic E-state index is 0.0785. The summed E-state index contributed by atoms with van der Waals surface area (Å²) in [5, 5.41) is 5.46. The molecular weight excluding hydrogens is 763 g/mol. The number of hydrogen-bond donors (Lipinski definition) is 0. The fourth-order valence-corrected chi connectivity index (χ4v) is 8.77. The zero-order chi connectivity index (χ0) is 44.8. The Bertz CT molecular complexity index is 2770. The van der Waals surface area contributed by atoms with Gasteiger partial charge >= 0.3 is 0 Å². The van der Waals surface area contributed by atoms with E-state index in [2.05, 4.69) is 239 Å². The van der Waals surface area contributed by atoms with Crippen molar-refractivity contribution in [3.63, 3.8) is 0 Å². The van der Waals surface area contributed by atoms with Gasteiger partial charge < -0.3 is 0 Å². The normalized spacial score (nSPS) is 12.1. The van der Waals surface area contributed by atoms with Gasteiger partial charge in [-0.3, -0.25) is 0 Å². The van der Waals surface area contributed by atoms with Crippen molar-refractivity contribution < 1.29 is 0 Å². The minimum absolute atomic E-state index is 0.0785. The summed E-state index contributed by atoms with van der Waals surface area (Å²) in [5.41, 5.74) is 20.4. The zero-order valence-electron chi connectivity index (χ0n) is 39.4. The van der Waals surface area contributed by atoms with Crippen molar-refractivity contribution in [3.8, 4) is 73.0 Å². The van der Waals surface area contributed by atoms with Crippen LogP contribution < -0.4 is 0 Å². The number of aryl methyl sites for hydroxylation is 2. The van der Waals surface area contributed by atoms with Crippen LogP contribution in [-0.2, 0) is 10.8 Å². The minimum Gasteiger partial charge on any atom is -0.212 e. The molecule has 0 saturated heterocycles. The van der Waals surface area contributed by atoms with E-state index in [0.717, 1.165) is 39.6 Å². The van der Waals surface area contributed by atoms with E-state index < -0.39 is 0 Å². The Morgan fingerprint density at radius 3 is 1.29 bits per heavy atom. The van der Waals surface area contributed by atoms with Crippen LogP contribution in [0.15, 0.2) is 152 Å². The summed E-state index contributed by atoms with van der Waals surface area (Å²) in [5.74, 6) is 2.03. The molecule has 0 unspecified atom stereocenters. The average molecular weight is 826 g/mol. The van der Waals surface area contributed by atoms with Gasteiger partial charge in [-0.1, -0.05) is 183 Å². The first-order valence-electron chi connectivity index (χ1n) is 22.7. The molecule has 1 heterocycles. The molecule has 0 aliphatic heterocycles. The van der Waals surface area contributed by atoms with Crippen molar-refractivity contribution >= 4 is 0 Å². The van der Waals surface area contributed by atoms with Crippen LogP contribution in [0.3, 0.4) is 0 Å². The lowest BCUT2D eigenvalue weighted by atomic mass is 9.85. The summed E-state index contributed by atoms with van der Waals surface area (Å²) in [6.07, 6.45) is 0. The number of nitrogens with zero attached hydrogens (tertiary/aromatic N) is 3. The maximum Gasteiger partial charge on any atom is 0.182 e. The third-order valence-electron chi connectivity index (χ3n) is 12.4. The number of hydrogen-bond acceptors (Lipinski definition) is 2. The largest absolute Gasteiger partial charge is 0.212 e. The Morgan fingerprint density at radius 1 is 0.397 bits per heavy atom. The lowest BCUT2D eigenvalue weighted by molar-refractivity contribution is 0.590. The Kier molecular flexibility index (Phi) is 11.8. The van der Waals surface area contributed by atoms with Crippen molar-refractivity contribution in [2.45, 2.75) is 106 Å². The van der Waals surface area contributed by atoms with E-state index in [-0.39, 0.29) is 22.7 Å². The molecule has 0 spiro atoms. The van der Waals surface area contributed by atoms with Gasteiger partial charge in [-0.05, 0) is 152 Å². The van der Waals surface area contributed by atoms with Crippen LogP contribution in [0.25, 0.3) is 73.0 Å². The van der Waals surface area contributed by atoms with Crippen LogP contribution in [0.1, 0.15) is 114 Å². The Balaban J connectivity index is 1.33. The molecule has 0 amide bonds. The monoisotopic (exact) mass is 826 g/mol. The van der Waals surface area contributed by atoms with Gasteiger partial charge in [-0.25, -0.2) is 9.67 Å². The van der Waals surface area contributed by atoms with E-state index in [1.54, 1.807) is 0 Å². The van der Waals surface area contributed by atoms with Crippen LogP contribution in [0.4, 0.5) is 0 Å². The Hall–Kier alpha value is -6.32. The zero-order valence-corrected chi connectivity index (χ0v) is 39.4. The molecule has 0 radical (unpaired) electrons. The molecule has 0 atom stereocenters. The first-order chi connectivity index (χ1) is 29.9. The summed E-state index contributed by atoms with van der Waals surface area (Å²) >= 11 is 0. The van der Waals surface area contributed by atoms with E-state index in [9.17, 15) is 0 Å². The molecule has 8 rings (SSSR count). The quantitative estimate of drug-likeness (QED) is 0.145. The van der Waals surface area contributed by atoms with Gasteiger partial charge in [-0.15, -0.1) is 5.10 Å². The molecule has 0 aliphatic carbocycles. The number of aromatic nitrogens is 3. The smallest absolute Gasteiger partial charge is 0.182 e. The third-order valence-corrected chi connectivity index (χ3v) is 12.4. The maximum atomic E-state index is 5.46. The molecule has 7 aromatic carbocycles. The van der Waals surface area contributed by atoms with Crippen LogP contribution in [0.2, 0.25) is 0 Å². The molecule has 0 fully saturated rings. The second-order valence-electron chi connectivity index (χ2n) is 20.3. The van der Waals surface area contributed by atoms with Crippen LogP contribution >= 0.6 is 0 Å². The predicted octanol–water partition coefficient (Wildman–Crippen LogP) is 16.7. The second-order valence-corrected chi connectivity index (χ2v) is 20.3. The van der Waals surface area contributed by atoms with Crippen LogP contribution in [0, 0.1) is 13.8 Å². The molecule has 63 heavy (non-hydrogen) atoms. The first-order valence-corrected chi connectivity index (χ1v) is 22.7. The summed E-state index contributed by atoms with van der Waals surface area (Å²) in [4.78, 5) is 5.46. The van der Waals surface area contributed by atoms with E-state index in [0.29, 0.717) is 0 Å². The van der Waals surface area contributed by atoms with E-state index in [1.165, 1.54) is 66.8 Å². The van der Waals surface area contributed by atoms with Gasteiger partial charge in [0.2, 0.25) is 0 Å². The molecule has 318 valence electrons. The fraction of sp³-hybridized carbons (Fsp3) is 0.267. The topological polar surface area (TPSA) is 30.7 Å². The molecule has 0 bridgehead atoms. The highest BCUT2D eigenvalue weighted by Gasteiger charge is 2.25. The van der Waals surface area contributed by atoms with Crippen molar-refractivity contribution in [1.29, 1.82) is 0 Å². The van der Waals surface area contributed by atoms with E-state index in [4.69, 9.17) is 10.1 Å². The molecular formula is C60H63N3. The van der Waals surface area contributed by atoms with Crippen LogP contribution in [0.5, 0.6) is 0 Å². The number of benzene rings is 7. The van der Waals surface area contributed by atoms with Gasteiger partial charge in [0, 0.05) is 11.1 Å². The SMILES string of the molecule is Cc1cc(C)cc(-c2nc(-c3cccc(-c4cc(-c5ccc(C(C)(C)C)cc5)cc(-c5ccc(C(C)(C)C)cc5)c4)c3)n(-c3c(C(C)C)cc(-c4ccccc4)cc3C(C)C)n2)c1. The summed E-state index contributed by atoms with van der Waals surface area (Å²) < 4.78 is 2.15. The van der Waals surface area contributed by atoms with Gasteiger partial charge in [0.05, 0.1) is 5.69 Å². The molecule has 1 aromatic heterocycles. The molecule has 8 aromatic rings. The van der Waals surface area contributed by atoms with Crippen LogP contribution in [-0.4, -0.2) is 14.8 Å². The highest BCUT2D eigenvalue weighted by atomic mass is 15.4. The first kappa shape index (κ1) is 43.3. The van der Waals surface area contributed by atoms with E-state index in [1.807, 2.05) is 0 Å². The standard InChI is InChI=1S/C60H63N3/c1-38(2)54-36-50(42-17-14-13-15-18-42)37-55(39(3)4)56(54)63-58(61-57(62-63)51-30-40(5)29-41(6)31-51)46-20-16-19-45(32-46)49-34-47(43-21-25-52(26-22-43)59(7,8)9)33-48(35-49)44-23-27-53(28-24-44)60(10,11)12/h13-39H,1-12H3. The highest BCUT2D eigenvalue weighted by Crippen LogP contribution is 2.40. The summed E-state index contributed by atoms with van der Waals surface area (Å²) in [7, 11) is 0. The molecule has 0 saturated carbocycles. The fourth-order valence-electron chi connectivity index (χ4n) is 8.77. The highest BCUT2D eigenvalue weighted by molar-refractivity contribution is 5.83. The number of rotatable bonds is 9. The molecule has 3 heteroatoms. The summed E-state index contributed by atoms with van der Waals surface area (Å²) in [6, 6.07) is 56.3. The lowest BCUT2D eigenvalue weighted by Crippen LogP contribution is -2.10. The second kappa shape index (κ2) is 17.1. The maximum absolute atomic E-state index is 5.46. The van der Waals surface area contributed by atoms with E-state index >= 15 is 0 Å². The molecule has 3 nitrogen and oxygen atoms in total. The van der Waals surface area contributed by atoms with Crippen molar-refractivity contribution in [2.75, 3.05) is 0 Å². The lowest BCUT2D eigenvalue weighted by Gasteiger charge is -2.23. The van der Waals surface area contributed by atoms with Gasteiger partial charge in [0.15, 0.2) is 11.6 Å². The average Bonchev–Trinajstić information content (AvgIpc) is 3.71. The Morgan fingerprint density at radius 2 is 0.810 bits per heavy atom. The van der Waals surface area contributed by atoms with Gasteiger partial charge in [-0.2, -0.15) is 0 Å².